The van der Waals surface area contributed by atoms with Crippen molar-refractivity contribution in [2.75, 3.05) is 13.6 Å². The van der Waals surface area contributed by atoms with Gasteiger partial charge in [-0.2, -0.15) is 0 Å². The first-order valence-corrected chi connectivity index (χ1v) is 6.95. The number of halogens is 1. The Hall–Kier alpha value is -1.46. The van der Waals surface area contributed by atoms with Crippen molar-refractivity contribution in [3.63, 3.8) is 0 Å². The van der Waals surface area contributed by atoms with E-state index in [2.05, 4.69) is 31.5 Å². The number of aromatic nitrogens is 1. The zero-order valence-electron chi connectivity index (χ0n) is 10.7. The second-order valence-electron chi connectivity index (χ2n) is 4.21. The molecule has 0 unspecified atom stereocenters. The predicted molar refractivity (Wildman–Crippen MR) is 79.8 cm³/mol. The molecule has 19 heavy (non-hydrogen) atoms. The highest BCUT2D eigenvalue weighted by Crippen LogP contribution is 2.24. The summed E-state index contributed by atoms with van der Waals surface area (Å²) in [6, 6.07) is 8.04. The molecule has 2 N–H and O–H groups in total. The van der Waals surface area contributed by atoms with Crippen molar-refractivity contribution in [2.24, 2.45) is 0 Å². The number of carbonyl (C=O) groups is 1. The molecule has 0 atom stereocenters. The lowest BCUT2D eigenvalue weighted by atomic mass is 10.1. The molecule has 5 heteroatoms. The van der Waals surface area contributed by atoms with Crippen molar-refractivity contribution in [1.29, 1.82) is 0 Å². The van der Waals surface area contributed by atoms with Crippen LogP contribution in [0.25, 0.3) is 10.9 Å². The average Bonchev–Trinajstić information content (AvgIpc) is 2.45. The second kappa shape index (κ2) is 6.63. The average molecular weight is 322 g/mol. The van der Waals surface area contributed by atoms with E-state index in [4.69, 9.17) is 0 Å². The second-order valence-corrected chi connectivity index (χ2v) is 5.06. The molecule has 1 aromatic carbocycles. The van der Waals surface area contributed by atoms with Gasteiger partial charge in [-0.3, -0.25) is 9.78 Å². The Kier molecular flexibility index (Phi) is 4.87. The molecule has 0 radical (unpaired) electrons. The van der Waals surface area contributed by atoms with E-state index in [-0.39, 0.29) is 5.91 Å². The van der Waals surface area contributed by atoms with Crippen molar-refractivity contribution in [2.45, 2.75) is 13.0 Å². The van der Waals surface area contributed by atoms with Crippen molar-refractivity contribution in [3.8, 4) is 0 Å². The van der Waals surface area contributed by atoms with E-state index < -0.39 is 0 Å². The zero-order valence-corrected chi connectivity index (χ0v) is 12.3. The molecule has 4 nitrogen and oxygen atoms in total. The Labute approximate surface area is 120 Å². The van der Waals surface area contributed by atoms with E-state index in [0.29, 0.717) is 19.5 Å². The van der Waals surface area contributed by atoms with Gasteiger partial charge in [-0.05, 0) is 17.7 Å². The maximum absolute atomic E-state index is 11.1. The van der Waals surface area contributed by atoms with Gasteiger partial charge < -0.3 is 10.6 Å². The van der Waals surface area contributed by atoms with E-state index in [0.717, 1.165) is 20.9 Å². The van der Waals surface area contributed by atoms with Gasteiger partial charge in [-0.25, -0.2) is 0 Å². The van der Waals surface area contributed by atoms with E-state index in [1.165, 1.54) is 0 Å². The molecule has 0 aliphatic rings. The summed E-state index contributed by atoms with van der Waals surface area (Å²) in [5, 5.41) is 6.97. The Bertz CT molecular complexity index is 586. The number of nitrogens with one attached hydrogen (secondary N) is 2. The number of rotatable bonds is 5. The number of pyridine rings is 1. The fourth-order valence-electron chi connectivity index (χ4n) is 1.89. The van der Waals surface area contributed by atoms with Crippen molar-refractivity contribution < 1.29 is 4.79 Å². The highest BCUT2D eigenvalue weighted by molar-refractivity contribution is 9.10. The van der Waals surface area contributed by atoms with Gasteiger partial charge in [0.15, 0.2) is 0 Å². The number of nitrogens with zero attached hydrogens (tertiary/aromatic N) is 1. The standard InChI is InChI=1S/C14H16BrN3O/c1-16-13(19)6-8-17-9-10-4-5-12(15)11-3-2-7-18-14(10)11/h2-5,7,17H,6,8-9H2,1H3,(H,16,19). The first-order chi connectivity index (χ1) is 9.22. The highest BCUT2D eigenvalue weighted by atomic mass is 79.9. The van der Waals surface area contributed by atoms with Crippen LogP contribution < -0.4 is 10.6 Å². The number of fused-ring (bicyclic) bond motifs is 1. The lowest BCUT2D eigenvalue weighted by Gasteiger charge is -2.08. The third-order valence-electron chi connectivity index (χ3n) is 2.92. The summed E-state index contributed by atoms with van der Waals surface area (Å²) in [5.41, 5.74) is 2.13. The van der Waals surface area contributed by atoms with E-state index >= 15 is 0 Å². The summed E-state index contributed by atoms with van der Waals surface area (Å²) in [4.78, 5) is 15.5. The normalized spacial score (nSPS) is 10.6. The molecule has 0 spiro atoms. The van der Waals surface area contributed by atoms with Gasteiger partial charge in [0, 0.05) is 42.6 Å². The van der Waals surface area contributed by atoms with Crippen LogP contribution in [0.3, 0.4) is 0 Å². The predicted octanol–water partition coefficient (Wildman–Crippen LogP) is 2.22. The SMILES string of the molecule is CNC(=O)CCNCc1ccc(Br)c2cccnc12. The molecular weight excluding hydrogens is 306 g/mol. The molecular formula is C14H16BrN3O. The number of hydrogen-bond acceptors (Lipinski definition) is 3. The summed E-state index contributed by atoms with van der Waals surface area (Å²) in [6.45, 7) is 1.36. The fourth-order valence-corrected chi connectivity index (χ4v) is 2.34. The first kappa shape index (κ1) is 14.0. The Balaban J connectivity index is 2.05. The summed E-state index contributed by atoms with van der Waals surface area (Å²) < 4.78 is 1.05. The van der Waals surface area contributed by atoms with Crippen molar-refractivity contribution >= 4 is 32.7 Å². The minimum absolute atomic E-state index is 0.0475. The van der Waals surface area contributed by atoms with Gasteiger partial charge in [-0.1, -0.05) is 28.1 Å². The molecule has 0 saturated carbocycles. The first-order valence-electron chi connectivity index (χ1n) is 6.16. The van der Waals surface area contributed by atoms with Crippen molar-refractivity contribution in [1.82, 2.24) is 15.6 Å². The maximum atomic E-state index is 11.1. The molecule has 0 fully saturated rings. The molecule has 1 amide bonds. The van der Waals surface area contributed by atoms with E-state index in [9.17, 15) is 4.79 Å². The number of hydrogen-bond donors (Lipinski definition) is 2. The van der Waals surface area contributed by atoms with E-state index in [1.807, 2.05) is 24.3 Å². The lowest BCUT2D eigenvalue weighted by molar-refractivity contribution is -0.120. The molecule has 1 aromatic heterocycles. The molecule has 1 heterocycles. The topological polar surface area (TPSA) is 54.0 Å². The van der Waals surface area contributed by atoms with Crippen LogP contribution in [0.1, 0.15) is 12.0 Å². The third-order valence-corrected chi connectivity index (χ3v) is 3.61. The largest absolute Gasteiger partial charge is 0.359 e. The molecule has 100 valence electrons. The number of amides is 1. The smallest absolute Gasteiger partial charge is 0.221 e. The van der Waals surface area contributed by atoms with Gasteiger partial charge in [0.1, 0.15) is 0 Å². The number of benzene rings is 1. The van der Waals surface area contributed by atoms with Crippen LogP contribution in [-0.4, -0.2) is 24.5 Å². The summed E-state index contributed by atoms with van der Waals surface area (Å²) in [5.74, 6) is 0.0475. The molecule has 0 saturated heterocycles. The summed E-state index contributed by atoms with van der Waals surface area (Å²) in [7, 11) is 1.65. The summed E-state index contributed by atoms with van der Waals surface area (Å²) >= 11 is 3.53. The van der Waals surface area contributed by atoms with Gasteiger partial charge in [0.2, 0.25) is 5.91 Å². The quantitative estimate of drug-likeness (QED) is 0.830. The zero-order chi connectivity index (χ0) is 13.7. The monoisotopic (exact) mass is 321 g/mol. The van der Waals surface area contributed by atoms with Crippen LogP contribution >= 0.6 is 15.9 Å². The van der Waals surface area contributed by atoms with Crippen LogP contribution in [0.4, 0.5) is 0 Å². The molecule has 2 aromatic rings. The maximum Gasteiger partial charge on any atom is 0.221 e. The Morgan fingerprint density at radius 2 is 2.21 bits per heavy atom. The third kappa shape index (κ3) is 3.52. The molecule has 0 bridgehead atoms. The van der Waals surface area contributed by atoms with Crippen molar-refractivity contribution in [3.05, 3.63) is 40.5 Å². The van der Waals surface area contributed by atoms with Crippen LogP contribution in [0, 0.1) is 0 Å². The minimum atomic E-state index is 0.0475. The summed E-state index contributed by atoms with van der Waals surface area (Å²) in [6.07, 6.45) is 2.28. The molecule has 0 aliphatic carbocycles. The fraction of sp³-hybridized carbons (Fsp3) is 0.286. The van der Waals surface area contributed by atoms with Crippen LogP contribution in [0.15, 0.2) is 34.9 Å². The molecule has 2 rings (SSSR count). The Morgan fingerprint density at radius 3 is 3.00 bits per heavy atom. The minimum Gasteiger partial charge on any atom is -0.359 e. The molecule has 0 aliphatic heterocycles. The van der Waals surface area contributed by atoms with E-state index in [1.54, 1.807) is 13.2 Å². The van der Waals surface area contributed by atoms with Gasteiger partial charge >= 0.3 is 0 Å². The van der Waals surface area contributed by atoms with Crippen LogP contribution in [-0.2, 0) is 11.3 Å². The van der Waals surface area contributed by atoms with Gasteiger partial charge in [0.05, 0.1) is 5.52 Å². The van der Waals surface area contributed by atoms with Gasteiger partial charge in [0.25, 0.3) is 0 Å². The number of carbonyl (C=O) groups excluding carboxylic acids is 1. The lowest BCUT2D eigenvalue weighted by Crippen LogP contribution is -2.24. The van der Waals surface area contributed by atoms with Crippen LogP contribution in [0.5, 0.6) is 0 Å². The van der Waals surface area contributed by atoms with Gasteiger partial charge in [-0.15, -0.1) is 0 Å². The van der Waals surface area contributed by atoms with Crippen LogP contribution in [0.2, 0.25) is 0 Å². The highest BCUT2D eigenvalue weighted by Gasteiger charge is 2.05. The Morgan fingerprint density at radius 1 is 1.37 bits per heavy atom.